The third kappa shape index (κ3) is 4.62. The number of aromatic nitrogens is 1. The summed E-state index contributed by atoms with van der Waals surface area (Å²) >= 11 is 6.48. The van der Waals surface area contributed by atoms with Gasteiger partial charge in [-0.25, -0.2) is 0 Å². The zero-order valence-electron chi connectivity index (χ0n) is 16.9. The number of benzene rings is 3. The number of nitrogens with zero attached hydrogens (tertiary/aromatic N) is 1. The molecule has 1 heterocycles. The molecule has 1 amide bonds. The van der Waals surface area contributed by atoms with E-state index >= 15 is 0 Å². The summed E-state index contributed by atoms with van der Waals surface area (Å²) in [6, 6.07) is 21.4. The smallest absolute Gasteiger partial charge is 0.258 e. The summed E-state index contributed by atoms with van der Waals surface area (Å²) < 4.78 is 5.57. The molecule has 4 aromatic rings. The maximum Gasteiger partial charge on any atom is 0.258 e. The van der Waals surface area contributed by atoms with Crippen LogP contribution in [0.25, 0.3) is 10.9 Å². The topological polar surface area (TPSA) is 71.5 Å². The number of ether oxygens (including phenoxy) is 1. The van der Waals surface area contributed by atoms with E-state index in [2.05, 4.69) is 10.3 Å². The van der Waals surface area contributed by atoms with Crippen molar-refractivity contribution < 1.29 is 14.6 Å². The number of carbonyl (C=O) groups excluding carboxylic acids is 1. The summed E-state index contributed by atoms with van der Waals surface area (Å²) in [6.07, 6.45) is 1.59. The molecule has 0 saturated carbocycles. The van der Waals surface area contributed by atoms with Gasteiger partial charge < -0.3 is 15.2 Å². The Labute approximate surface area is 185 Å². The van der Waals surface area contributed by atoms with Gasteiger partial charge in [0.2, 0.25) is 0 Å². The van der Waals surface area contributed by atoms with Crippen LogP contribution in [0.4, 0.5) is 0 Å². The number of amides is 1. The summed E-state index contributed by atoms with van der Waals surface area (Å²) in [6.45, 7) is 1.83. The largest absolute Gasteiger partial charge is 0.505 e. The second-order valence-electron chi connectivity index (χ2n) is 7.21. The summed E-state index contributed by atoms with van der Waals surface area (Å²) in [5, 5.41) is 15.0. The van der Waals surface area contributed by atoms with Gasteiger partial charge in [0.1, 0.15) is 17.0 Å². The molecular formula is C25H21ClN2O3. The Morgan fingerprint density at radius 3 is 2.58 bits per heavy atom. The number of pyridine rings is 1. The normalized spacial score (nSPS) is 11.8. The summed E-state index contributed by atoms with van der Waals surface area (Å²) in [5.74, 6) is 0.256. The Morgan fingerprint density at radius 1 is 1.10 bits per heavy atom. The van der Waals surface area contributed by atoms with Gasteiger partial charge in [0.15, 0.2) is 6.61 Å². The molecule has 1 atom stereocenters. The van der Waals surface area contributed by atoms with Crippen molar-refractivity contribution in [3.05, 3.63) is 101 Å². The van der Waals surface area contributed by atoms with Gasteiger partial charge in [-0.15, -0.1) is 0 Å². The third-order valence-corrected chi connectivity index (χ3v) is 5.30. The van der Waals surface area contributed by atoms with Crippen molar-refractivity contribution in [3.8, 4) is 11.5 Å². The van der Waals surface area contributed by atoms with E-state index in [9.17, 15) is 9.90 Å². The zero-order valence-corrected chi connectivity index (χ0v) is 17.6. The number of phenolic OH excluding ortho intramolecular Hbond substituents is 1. The van der Waals surface area contributed by atoms with E-state index in [-0.39, 0.29) is 18.3 Å². The van der Waals surface area contributed by atoms with Crippen molar-refractivity contribution in [1.82, 2.24) is 10.3 Å². The van der Waals surface area contributed by atoms with E-state index < -0.39 is 6.04 Å². The van der Waals surface area contributed by atoms with Gasteiger partial charge in [-0.2, -0.15) is 0 Å². The molecule has 1 aromatic heterocycles. The predicted octanol–water partition coefficient (Wildman–Crippen LogP) is 5.19. The number of para-hydroxylation sites is 1. The first-order valence-electron chi connectivity index (χ1n) is 9.83. The van der Waals surface area contributed by atoms with E-state index in [1.165, 1.54) is 0 Å². The monoisotopic (exact) mass is 432 g/mol. The van der Waals surface area contributed by atoms with Gasteiger partial charge >= 0.3 is 0 Å². The zero-order chi connectivity index (χ0) is 21.8. The van der Waals surface area contributed by atoms with Crippen molar-refractivity contribution in [2.45, 2.75) is 13.0 Å². The third-order valence-electron chi connectivity index (χ3n) is 4.99. The minimum atomic E-state index is -0.628. The van der Waals surface area contributed by atoms with Gasteiger partial charge in [0, 0.05) is 17.1 Å². The summed E-state index contributed by atoms with van der Waals surface area (Å²) in [4.78, 5) is 17.0. The number of phenols is 1. The number of hydrogen-bond acceptors (Lipinski definition) is 4. The Hall–Kier alpha value is -3.57. The lowest BCUT2D eigenvalue weighted by molar-refractivity contribution is -0.123. The lowest BCUT2D eigenvalue weighted by Gasteiger charge is -2.22. The van der Waals surface area contributed by atoms with E-state index in [0.29, 0.717) is 27.2 Å². The Morgan fingerprint density at radius 2 is 1.84 bits per heavy atom. The minimum Gasteiger partial charge on any atom is -0.505 e. The lowest BCUT2D eigenvalue weighted by atomic mass is 9.95. The maximum atomic E-state index is 12.7. The molecule has 2 N–H and O–H groups in total. The second kappa shape index (κ2) is 9.06. The van der Waals surface area contributed by atoms with Gasteiger partial charge in [0.05, 0.1) is 11.1 Å². The Bertz CT molecular complexity index is 1210. The molecule has 0 saturated heterocycles. The fraction of sp³-hybridized carbons (Fsp3) is 0.120. The molecule has 0 fully saturated rings. The molecule has 0 unspecified atom stereocenters. The summed E-state index contributed by atoms with van der Waals surface area (Å²) in [5.41, 5.74) is 2.74. The van der Waals surface area contributed by atoms with Crippen molar-refractivity contribution in [2.75, 3.05) is 6.61 Å². The molecule has 31 heavy (non-hydrogen) atoms. The average molecular weight is 433 g/mol. The van der Waals surface area contributed by atoms with Crippen LogP contribution < -0.4 is 10.1 Å². The molecule has 0 aliphatic rings. The second-order valence-corrected chi connectivity index (χ2v) is 7.62. The van der Waals surface area contributed by atoms with Gasteiger partial charge in [-0.3, -0.25) is 9.78 Å². The number of nitrogens with one attached hydrogen (secondary N) is 1. The fourth-order valence-corrected chi connectivity index (χ4v) is 3.66. The molecular weight excluding hydrogens is 412 g/mol. The number of hydrogen-bond donors (Lipinski definition) is 2. The maximum absolute atomic E-state index is 12.7. The average Bonchev–Trinajstić information content (AvgIpc) is 2.80. The first kappa shape index (κ1) is 20.7. The van der Waals surface area contributed by atoms with Gasteiger partial charge in [-0.05, 0) is 42.8 Å². The highest BCUT2D eigenvalue weighted by molar-refractivity contribution is 6.35. The first-order valence-corrected chi connectivity index (χ1v) is 10.2. The highest BCUT2D eigenvalue weighted by atomic mass is 35.5. The Balaban J connectivity index is 1.68. The molecule has 4 rings (SSSR count). The first-order chi connectivity index (χ1) is 15.0. The van der Waals surface area contributed by atoms with Crippen LogP contribution in [0.3, 0.4) is 0 Å². The molecule has 0 aliphatic heterocycles. The number of fused-ring (bicyclic) bond motifs is 1. The molecule has 3 aromatic carbocycles. The van der Waals surface area contributed by atoms with E-state index in [1.807, 2.05) is 49.4 Å². The van der Waals surface area contributed by atoms with Crippen molar-refractivity contribution in [1.29, 1.82) is 0 Å². The molecule has 0 bridgehead atoms. The fourth-order valence-electron chi connectivity index (χ4n) is 3.39. The van der Waals surface area contributed by atoms with Crippen molar-refractivity contribution in [3.63, 3.8) is 0 Å². The quantitative estimate of drug-likeness (QED) is 0.440. The number of carbonyl (C=O) groups is 1. The lowest BCUT2D eigenvalue weighted by Crippen LogP contribution is -2.33. The predicted molar refractivity (Wildman–Crippen MR) is 122 cm³/mol. The molecule has 156 valence electrons. The van der Waals surface area contributed by atoms with E-state index in [4.69, 9.17) is 16.3 Å². The highest BCUT2D eigenvalue weighted by Crippen LogP contribution is 2.38. The molecule has 0 spiro atoms. The van der Waals surface area contributed by atoms with Crippen LogP contribution in [0.2, 0.25) is 5.02 Å². The van der Waals surface area contributed by atoms with Crippen molar-refractivity contribution >= 4 is 28.4 Å². The highest BCUT2D eigenvalue weighted by Gasteiger charge is 2.23. The molecule has 0 aliphatic carbocycles. The SMILES string of the molecule is Cc1ccc([C@H](NC(=O)COc2ccccc2)c2cc(Cl)c3cccnc3c2O)cc1. The molecule has 6 heteroatoms. The van der Waals surface area contributed by atoms with Crippen LogP contribution in [0.1, 0.15) is 22.7 Å². The summed E-state index contributed by atoms with van der Waals surface area (Å²) in [7, 11) is 0. The van der Waals surface area contributed by atoms with Crippen LogP contribution in [-0.2, 0) is 4.79 Å². The molecule has 5 nitrogen and oxygen atoms in total. The number of aryl methyl sites for hydroxylation is 1. The van der Waals surface area contributed by atoms with Crippen LogP contribution >= 0.6 is 11.6 Å². The van der Waals surface area contributed by atoms with Crippen molar-refractivity contribution in [2.24, 2.45) is 0 Å². The van der Waals surface area contributed by atoms with Crippen LogP contribution in [-0.4, -0.2) is 22.6 Å². The van der Waals surface area contributed by atoms with Crippen LogP contribution in [0, 0.1) is 6.92 Å². The minimum absolute atomic E-state index is 0.0187. The van der Waals surface area contributed by atoms with E-state index in [1.54, 1.807) is 36.5 Å². The standard InChI is InChI=1S/C25H21ClN2O3/c1-16-9-11-17(12-10-16)23(28-22(29)15-31-18-6-3-2-4-7-18)20-14-21(26)19-8-5-13-27-24(19)25(20)30/h2-14,23,30H,15H2,1H3,(H,28,29)/t23-/m0/s1. The van der Waals surface area contributed by atoms with Crippen LogP contribution in [0.15, 0.2) is 79.0 Å². The molecule has 0 radical (unpaired) electrons. The number of rotatable bonds is 6. The number of halogens is 1. The van der Waals surface area contributed by atoms with Crippen LogP contribution in [0.5, 0.6) is 11.5 Å². The van der Waals surface area contributed by atoms with Gasteiger partial charge in [0.25, 0.3) is 5.91 Å². The Kier molecular flexibility index (Phi) is 6.05. The van der Waals surface area contributed by atoms with Gasteiger partial charge in [-0.1, -0.05) is 59.6 Å². The van der Waals surface area contributed by atoms with E-state index in [0.717, 1.165) is 11.1 Å². The number of aromatic hydroxyl groups is 1.